The predicted molar refractivity (Wildman–Crippen MR) is 172 cm³/mol. The van der Waals surface area contributed by atoms with Gasteiger partial charge in [-0.2, -0.15) is 8.42 Å². The van der Waals surface area contributed by atoms with Crippen molar-refractivity contribution in [2.24, 2.45) is 0 Å². The van der Waals surface area contributed by atoms with Crippen molar-refractivity contribution in [1.29, 1.82) is 0 Å². The molecule has 8 nitrogen and oxygen atoms in total. The van der Waals surface area contributed by atoms with Gasteiger partial charge in [0.15, 0.2) is 5.78 Å². The van der Waals surface area contributed by atoms with E-state index in [2.05, 4.69) is 12.2 Å². The first-order chi connectivity index (χ1) is 20.7. The molecule has 0 aliphatic rings. The summed E-state index contributed by atoms with van der Waals surface area (Å²) < 4.78 is 43.0. The summed E-state index contributed by atoms with van der Waals surface area (Å²) in [6.07, 6.45) is 20.7. The van der Waals surface area contributed by atoms with Crippen molar-refractivity contribution in [2.75, 3.05) is 19.0 Å². The van der Waals surface area contributed by atoms with Crippen LogP contribution in [-0.2, 0) is 14.9 Å². The molecule has 2 aromatic carbocycles. The van der Waals surface area contributed by atoms with E-state index in [1.165, 1.54) is 103 Å². The normalized spacial score (nSPS) is 11.3. The third-order valence-corrected chi connectivity index (χ3v) is 8.36. The minimum atomic E-state index is -4.46. The van der Waals surface area contributed by atoms with Gasteiger partial charge in [0.25, 0.3) is 10.1 Å². The lowest BCUT2D eigenvalue weighted by Gasteiger charge is -2.11. The van der Waals surface area contributed by atoms with Gasteiger partial charge in [-0.3, -0.25) is 14.1 Å². The van der Waals surface area contributed by atoms with Crippen molar-refractivity contribution >= 4 is 27.5 Å². The summed E-state index contributed by atoms with van der Waals surface area (Å²) in [5.41, 5.74) is 0.400. The fourth-order valence-corrected chi connectivity index (χ4v) is 5.47. The van der Waals surface area contributed by atoms with Crippen LogP contribution in [0.5, 0.6) is 11.5 Å². The van der Waals surface area contributed by atoms with Gasteiger partial charge >= 0.3 is 0 Å². The third kappa shape index (κ3) is 15.4. The highest BCUT2D eigenvalue weighted by Gasteiger charge is 2.17. The zero-order valence-corrected chi connectivity index (χ0v) is 26.9. The van der Waals surface area contributed by atoms with Crippen LogP contribution in [0.3, 0.4) is 0 Å². The molecule has 0 aliphatic heterocycles. The smallest absolute Gasteiger partial charge is 0.294 e. The Labute approximate surface area is 258 Å². The van der Waals surface area contributed by atoms with Crippen LogP contribution in [-0.4, -0.2) is 38.4 Å². The molecular formula is C34H51NO7S. The second-order valence-corrected chi connectivity index (χ2v) is 12.6. The number of carbonyl (C=O) groups excluding carboxylic acids is 2. The number of Topliss-reactive ketones (excluding diaryl/α,β-unsaturated/α-hetero) is 1. The summed E-state index contributed by atoms with van der Waals surface area (Å²) in [6, 6.07) is 10.2. The van der Waals surface area contributed by atoms with E-state index < -0.39 is 33.1 Å². The lowest BCUT2D eigenvalue weighted by molar-refractivity contribution is -0.115. The van der Waals surface area contributed by atoms with Crippen LogP contribution in [0.15, 0.2) is 47.4 Å². The van der Waals surface area contributed by atoms with Crippen LogP contribution in [0.1, 0.15) is 126 Å². The standard InChI is InChI=1S/C34H51NO7S/c1-3-4-5-6-7-8-9-10-11-12-13-14-15-16-17-18-25-42-29-21-19-28(20-22-29)32(36)27-34(37)35-31-26-30(43(38,39)40)23-24-33(31)41-2/h19-24,26H,3-18,25,27H2,1-2H3,(H,35,37)(H,38,39,40). The summed E-state index contributed by atoms with van der Waals surface area (Å²) in [5, 5.41) is 2.48. The van der Waals surface area contributed by atoms with Crippen molar-refractivity contribution in [3.8, 4) is 11.5 Å². The number of carbonyl (C=O) groups is 2. The third-order valence-electron chi connectivity index (χ3n) is 7.51. The molecule has 0 unspecified atom stereocenters. The maximum absolute atomic E-state index is 12.6. The highest BCUT2D eigenvalue weighted by Crippen LogP contribution is 2.28. The number of unbranched alkanes of at least 4 members (excludes halogenated alkanes) is 15. The van der Waals surface area contributed by atoms with Gasteiger partial charge in [0.05, 0.1) is 30.7 Å². The molecule has 0 aromatic heterocycles. The number of ether oxygens (including phenoxy) is 2. The van der Waals surface area contributed by atoms with Crippen LogP contribution in [0, 0.1) is 0 Å². The Morgan fingerprint density at radius 3 is 1.74 bits per heavy atom. The zero-order chi connectivity index (χ0) is 31.3. The summed E-state index contributed by atoms with van der Waals surface area (Å²) in [6.45, 7) is 2.89. The van der Waals surface area contributed by atoms with Crippen molar-refractivity contribution in [3.63, 3.8) is 0 Å². The molecule has 0 saturated heterocycles. The Morgan fingerprint density at radius 2 is 1.26 bits per heavy atom. The van der Waals surface area contributed by atoms with Gasteiger partial charge in [-0.1, -0.05) is 103 Å². The Bertz CT molecular complexity index is 1200. The van der Waals surface area contributed by atoms with Gasteiger partial charge in [-0.15, -0.1) is 0 Å². The fraction of sp³-hybridized carbons (Fsp3) is 0.588. The monoisotopic (exact) mass is 617 g/mol. The minimum Gasteiger partial charge on any atom is -0.495 e. The number of ketones is 1. The molecule has 0 saturated carbocycles. The van der Waals surface area contributed by atoms with Gasteiger partial charge in [0.2, 0.25) is 5.91 Å². The SMILES string of the molecule is CCCCCCCCCCCCCCCCCCOc1ccc(C(=O)CC(=O)Nc2cc(S(=O)(=O)O)ccc2OC)cc1. The van der Waals surface area contributed by atoms with Crippen LogP contribution in [0.4, 0.5) is 5.69 Å². The summed E-state index contributed by atoms with van der Waals surface area (Å²) in [4.78, 5) is 24.6. The van der Waals surface area contributed by atoms with E-state index >= 15 is 0 Å². The van der Waals surface area contributed by atoms with Crippen LogP contribution in [0.25, 0.3) is 0 Å². The largest absolute Gasteiger partial charge is 0.495 e. The van der Waals surface area contributed by atoms with E-state index in [0.717, 1.165) is 25.0 Å². The van der Waals surface area contributed by atoms with Crippen molar-refractivity contribution in [1.82, 2.24) is 0 Å². The van der Waals surface area contributed by atoms with E-state index in [0.29, 0.717) is 17.9 Å². The molecule has 0 fully saturated rings. The van der Waals surface area contributed by atoms with Gasteiger partial charge in [-0.25, -0.2) is 0 Å². The highest BCUT2D eigenvalue weighted by molar-refractivity contribution is 7.85. The van der Waals surface area contributed by atoms with Crippen LogP contribution < -0.4 is 14.8 Å². The molecule has 2 aromatic rings. The molecule has 43 heavy (non-hydrogen) atoms. The lowest BCUT2D eigenvalue weighted by Crippen LogP contribution is -2.17. The summed E-state index contributed by atoms with van der Waals surface area (Å²) in [5.74, 6) is -0.167. The van der Waals surface area contributed by atoms with Crippen LogP contribution >= 0.6 is 0 Å². The van der Waals surface area contributed by atoms with Gasteiger partial charge < -0.3 is 14.8 Å². The number of anilines is 1. The molecule has 2 rings (SSSR count). The topological polar surface area (TPSA) is 119 Å². The van der Waals surface area contributed by atoms with E-state index in [1.54, 1.807) is 24.3 Å². The lowest BCUT2D eigenvalue weighted by atomic mass is 10.0. The number of benzene rings is 2. The van der Waals surface area contributed by atoms with Crippen molar-refractivity contribution in [2.45, 2.75) is 121 Å². The second kappa shape index (κ2) is 20.9. The quantitative estimate of drug-likeness (QED) is 0.0523. The molecule has 9 heteroatoms. The number of hydrogen-bond donors (Lipinski definition) is 2. The first-order valence-electron chi connectivity index (χ1n) is 16.0. The number of methoxy groups -OCH3 is 1. The Kier molecular flexibility index (Phi) is 17.6. The average molecular weight is 618 g/mol. The van der Waals surface area contributed by atoms with Crippen molar-refractivity contribution in [3.05, 3.63) is 48.0 Å². The maximum Gasteiger partial charge on any atom is 0.294 e. The summed E-state index contributed by atoms with van der Waals surface area (Å²) in [7, 11) is -3.11. The average Bonchev–Trinajstić information content (AvgIpc) is 2.98. The number of amides is 1. The highest BCUT2D eigenvalue weighted by atomic mass is 32.2. The minimum absolute atomic E-state index is 0.0354. The van der Waals surface area contributed by atoms with Crippen molar-refractivity contribution < 1.29 is 32.0 Å². The molecule has 0 heterocycles. The van der Waals surface area contributed by atoms with E-state index in [9.17, 15) is 22.6 Å². The van der Waals surface area contributed by atoms with Gasteiger partial charge in [-0.05, 0) is 48.9 Å². The van der Waals surface area contributed by atoms with Gasteiger partial charge in [0, 0.05) is 5.56 Å². The number of nitrogens with one attached hydrogen (secondary N) is 1. The maximum atomic E-state index is 12.6. The van der Waals surface area contributed by atoms with Gasteiger partial charge in [0.1, 0.15) is 11.5 Å². The summed E-state index contributed by atoms with van der Waals surface area (Å²) >= 11 is 0. The molecule has 0 atom stereocenters. The predicted octanol–water partition coefficient (Wildman–Crippen LogP) is 8.79. The number of hydrogen-bond acceptors (Lipinski definition) is 6. The first kappa shape index (κ1) is 36.3. The number of rotatable bonds is 24. The Hall–Kier alpha value is -2.91. The van der Waals surface area contributed by atoms with E-state index in [-0.39, 0.29) is 11.4 Å². The Morgan fingerprint density at radius 1 is 0.744 bits per heavy atom. The molecule has 240 valence electrons. The zero-order valence-electron chi connectivity index (χ0n) is 26.1. The molecule has 0 spiro atoms. The molecule has 0 bridgehead atoms. The van der Waals surface area contributed by atoms with E-state index in [1.807, 2.05) is 0 Å². The van der Waals surface area contributed by atoms with E-state index in [4.69, 9.17) is 9.47 Å². The molecule has 1 amide bonds. The molecule has 0 radical (unpaired) electrons. The first-order valence-corrected chi connectivity index (χ1v) is 17.4. The van der Waals surface area contributed by atoms with Crippen LogP contribution in [0.2, 0.25) is 0 Å². The fourth-order valence-electron chi connectivity index (χ4n) is 4.96. The molecule has 0 aliphatic carbocycles. The molecule has 2 N–H and O–H groups in total. The molecular weight excluding hydrogens is 566 g/mol. The second-order valence-electron chi connectivity index (χ2n) is 11.2. The Balaban J connectivity index is 1.56.